The normalized spacial score (nSPS) is 27.1. The molecule has 0 aromatic heterocycles. The molecule has 0 amide bonds. The number of rotatable bonds is 3. The minimum atomic E-state index is 0.203. The monoisotopic (exact) mass is 204 g/mol. The average Bonchev–Trinajstić information content (AvgIpc) is 2.17. The molecule has 1 unspecified atom stereocenters. The van der Waals surface area contributed by atoms with Crippen molar-refractivity contribution in [1.82, 2.24) is 0 Å². The minimum Gasteiger partial charge on any atom is -0.103 e. The predicted octanol–water partition coefficient (Wildman–Crippen LogP) is 4.75. The van der Waals surface area contributed by atoms with Crippen molar-refractivity contribution in [3.8, 4) is 0 Å². The van der Waals surface area contributed by atoms with Crippen LogP contribution in [-0.2, 0) is 0 Å². The second-order valence-corrected chi connectivity index (χ2v) is 5.54. The van der Waals surface area contributed by atoms with E-state index in [1.165, 1.54) is 24.0 Å². The van der Waals surface area contributed by atoms with Crippen LogP contribution in [0.4, 0.5) is 0 Å². The summed E-state index contributed by atoms with van der Waals surface area (Å²) in [6.45, 7) is 17.0. The Morgan fingerprint density at radius 1 is 1.53 bits per heavy atom. The van der Waals surface area contributed by atoms with E-state index in [1.54, 1.807) is 0 Å². The van der Waals surface area contributed by atoms with Crippen molar-refractivity contribution < 1.29 is 0 Å². The summed E-state index contributed by atoms with van der Waals surface area (Å²) in [5.74, 6) is 1.29. The van der Waals surface area contributed by atoms with Crippen LogP contribution in [0.2, 0.25) is 0 Å². The first-order valence-corrected chi connectivity index (χ1v) is 5.84. The Balaban J connectivity index is 2.90. The van der Waals surface area contributed by atoms with Crippen molar-refractivity contribution in [1.29, 1.82) is 0 Å². The van der Waals surface area contributed by atoms with E-state index >= 15 is 0 Å². The van der Waals surface area contributed by atoms with Gasteiger partial charge in [0.2, 0.25) is 0 Å². The molecule has 0 saturated heterocycles. The molecule has 0 radical (unpaired) electrons. The summed E-state index contributed by atoms with van der Waals surface area (Å²) in [6, 6.07) is 0. The summed E-state index contributed by atoms with van der Waals surface area (Å²) in [5, 5.41) is 0. The van der Waals surface area contributed by atoms with E-state index in [0.717, 1.165) is 0 Å². The molecular weight excluding hydrogens is 180 g/mol. The van der Waals surface area contributed by atoms with Gasteiger partial charge < -0.3 is 0 Å². The van der Waals surface area contributed by atoms with E-state index in [2.05, 4.69) is 53.0 Å². The van der Waals surface area contributed by atoms with Crippen LogP contribution in [0.15, 0.2) is 36.5 Å². The fraction of sp³-hybridized carbons (Fsp3) is 0.600. The Morgan fingerprint density at radius 2 is 2.13 bits per heavy atom. The largest absolute Gasteiger partial charge is 0.103 e. The van der Waals surface area contributed by atoms with E-state index in [9.17, 15) is 0 Å². The minimum absolute atomic E-state index is 0.203. The number of allylic oxidation sites excluding steroid dienone is 4. The second kappa shape index (κ2) is 4.38. The third kappa shape index (κ3) is 2.62. The van der Waals surface area contributed by atoms with Crippen LogP contribution in [0.5, 0.6) is 0 Å². The van der Waals surface area contributed by atoms with E-state index in [1.807, 2.05) is 0 Å². The lowest BCUT2D eigenvalue weighted by atomic mass is 9.67. The zero-order valence-electron chi connectivity index (χ0n) is 10.6. The fourth-order valence-corrected chi connectivity index (χ4v) is 2.47. The van der Waals surface area contributed by atoms with Gasteiger partial charge in [-0.25, -0.2) is 0 Å². The highest BCUT2D eigenvalue weighted by Gasteiger charge is 2.32. The van der Waals surface area contributed by atoms with Crippen molar-refractivity contribution in [3.05, 3.63) is 36.5 Å². The highest BCUT2D eigenvalue weighted by atomic mass is 14.4. The van der Waals surface area contributed by atoms with Crippen molar-refractivity contribution in [2.45, 2.75) is 40.5 Å². The molecule has 0 heteroatoms. The zero-order valence-corrected chi connectivity index (χ0v) is 10.6. The van der Waals surface area contributed by atoms with Crippen LogP contribution in [0, 0.1) is 17.3 Å². The molecule has 0 saturated carbocycles. The average molecular weight is 204 g/mol. The summed E-state index contributed by atoms with van der Waals surface area (Å²) >= 11 is 0. The van der Waals surface area contributed by atoms with Gasteiger partial charge in [0.05, 0.1) is 0 Å². The summed E-state index contributed by atoms with van der Waals surface area (Å²) in [4.78, 5) is 0. The first-order chi connectivity index (χ1) is 6.88. The van der Waals surface area contributed by atoms with Crippen molar-refractivity contribution in [2.75, 3.05) is 0 Å². The molecule has 1 aliphatic carbocycles. The van der Waals surface area contributed by atoms with E-state index < -0.39 is 0 Å². The summed E-state index contributed by atoms with van der Waals surface area (Å²) in [6.07, 6.45) is 6.89. The van der Waals surface area contributed by atoms with Crippen molar-refractivity contribution >= 4 is 0 Å². The molecule has 2 atom stereocenters. The highest BCUT2D eigenvalue weighted by molar-refractivity contribution is 5.18. The van der Waals surface area contributed by atoms with Crippen molar-refractivity contribution in [2.24, 2.45) is 17.3 Å². The lowest BCUT2D eigenvalue weighted by Crippen LogP contribution is -2.28. The Morgan fingerprint density at radius 3 is 2.60 bits per heavy atom. The quantitative estimate of drug-likeness (QED) is 0.582. The van der Waals surface area contributed by atoms with Gasteiger partial charge in [-0.15, -0.1) is 6.58 Å². The highest BCUT2D eigenvalue weighted by Crippen LogP contribution is 2.43. The van der Waals surface area contributed by atoms with Gasteiger partial charge in [-0.1, -0.05) is 43.7 Å². The van der Waals surface area contributed by atoms with Gasteiger partial charge >= 0.3 is 0 Å². The number of hydrogen-bond donors (Lipinski definition) is 0. The molecule has 0 aromatic carbocycles. The molecule has 0 spiro atoms. The summed E-state index contributed by atoms with van der Waals surface area (Å²) < 4.78 is 0. The van der Waals surface area contributed by atoms with Gasteiger partial charge in [-0.3, -0.25) is 0 Å². The summed E-state index contributed by atoms with van der Waals surface area (Å²) in [5.41, 5.74) is 3.05. The molecule has 0 nitrogen and oxygen atoms in total. The third-order valence-corrected chi connectivity index (χ3v) is 3.92. The van der Waals surface area contributed by atoms with E-state index in [-0.39, 0.29) is 5.41 Å². The molecule has 84 valence electrons. The van der Waals surface area contributed by atoms with E-state index in [4.69, 9.17) is 0 Å². The molecule has 0 heterocycles. The van der Waals surface area contributed by atoms with Gasteiger partial charge in [0, 0.05) is 0 Å². The Hall–Kier alpha value is -0.780. The number of hydrogen-bond acceptors (Lipinski definition) is 0. The lowest BCUT2D eigenvalue weighted by molar-refractivity contribution is 0.265. The lowest BCUT2D eigenvalue weighted by Gasteiger charge is -2.38. The maximum atomic E-state index is 4.09. The van der Waals surface area contributed by atoms with Crippen LogP contribution < -0.4 is 0 Å². The Kier molecular flexibility index (Phi) is 3.59. The SMILES string of the molecule is C=CC(C)(C)C1C[C@H](C(=C)C)CC=C1C. The molecule has 0 bridgehead atoms. The Bertz CT molecular complexity index is 291. The van der Waals surface area contributed by atoms with Crippen LogP contribution >= 0.6 is 0 Å². The predicted molar refractivity (Wildman–Crippen MR) is 68.8 cm³/mol. The fourth-order valence-electron chi connectivity index (χ4n) is 2.47. The van der Waals surface area contributed by atoms with Crippen LogP contribution in [0.1, 0.15) is 40.5 Å². The van der Waals surface area contributed by atoms with Crippen molar-refractivity contribution in [3.63, 3.8) is 0 Å². The Labute approximate surface area is 94.8 Å². The smallest absolute Gasteiger partial charge is 0.0112 e. The zero-order chi connectivity index (χ0) is 11.6. The summed E-state index contributed by atoms with van der Waals surface area (Å²) in [7, 11) is 0. The first kappa shape index (κ1) is 12.3. The molecule has 1 rings (SSSR count). The van der Waals surface area contributed by atoms with Crippen LogP contribution in [0.3, 0.4) is 0 Å². The molecule has 0 aliphatic heterocycles. The topological polar surface area (TPSA) is 0 Å². The second-order valence-electron chi connectivity index (χ2n) is 5.54. The van der Waals surface area contributed by atoms with Gasteiger partial charge in [0.1, 0.15) is 0 Å². The molecular formula is C15H24. The van der Waals surface area contributed by atoms with Crippen LogP contribution in [0.25, 0.3) is 0 Å². The van der Waals surface area contributed by atoms with E-state index in [0.29, 0.717) is 11.8 Å². The molecule has 0 fully saturated rings. The standard InChI is InChI=1S/C15H24/c1-7-15(5,6)14-10-13(11(2)3)9-8-12(14)4/h7-8,13-14H,1-2,9-10H2,3-6H3/t13-,14?/m1/s1. The van der Waals surface area contributed by atoms with Gasteiger partial charge in [-0.05, 0) is 43.9 Å². The maximum Gasteiger partial charge on any atom is -0.0112 e. The van der Waals surface area contributed by atoms with Crippen LogP contribution in [-0.4, -0.2) is 0 Å². The first-order valence-electron chi connectivity index (χ1n) is 5.84. The molecule has 15 heavy (non-hydrogen) atoms. The molecule has 0 aromatic rings. The molecule has 0 N–H and O–H groups in total. The van der Waals surface area contributed by atoms with Gasteiger partial charge in [-0.2, -0.15) is 0 Å². The third-order valence-electron chi connectivity index (χ3n) is 3.92. The molecule has 1 aliphatic rings. The maximum absolute atomic E-state index is 4.09. The van der Waals surface area contributed by atoms with Gasteiger partial charge in [0.15, 0.2) is 0 Å². The van der Waals surface area contributed by atoms with Gasteiger partial charge in [0.25, 0.3) is 0 Å².